The number of piperidine rings is 1. The molecule has 0 aliphatic carbocycles. The Morgan fingerprint density at radius 1 is 1.43 bits per heavy atom. The number of carbonyl (C=O) groups excluding carboxylic acids is 1. The predicted molar refractivity (Wildman–Crippen MR) is 77.1 cm³/mol. The maximum atomic E-state index is 12.7. The van der Waals surface area contributed by atoms with E-state index in [0.29, 0.717) is 30.8 Å². The lowest BCUT2D eigenvalue weighted by Crippen LogP contribution is -2.42. The van der Waals surface area contributed by atoms with E-state index in [1.807, 2.05) is 13.8 Å². The van der Waals surface area contributed by atoms with Crippen LogP contribution in [-0.2, 0) is 4.79 Å². The second kappa shape index (κ2) is 6.20. The summed E-state index contributed by atoms with van der Waals surface area (Å²) in [6, 6.07) is 0. The van der Waals surface area contributed by atoms with E-state index in [2.05, 4.69) is 9.97 Å². The fraction of sp³-hybridized carbons (Fsp3) is 0.600. The zero-order valence-electron chi connectivity index (χ0n) is 12.7. The Hall–Kier alpha value is -1.98. The highest BCUT2D eigenvalue weighted by atomic mass is 16.4. The number of aryl methyl sites for hydroxylation is 1. The van der Waals surface area contributed by atoms with Crippen molar-refractivity contribution in [1.29, 1.82) is 0 Å². The molecule has 114 valence electrons. The Labute approximate surface area is 124 Å². The van der Waals surface area contributed by atoms with Gasteiger partial charge < -0.3 is 10.0 Å². The number of carbonyl (C=O) groups is 2. The minimum atomic E-state index is -0.836. The molecule has 1 saturated heterocycles. The van der Waals surface area contributed by atoms with Crippen molar-refractivity contribution in [2.75, 3.05) is 13.1 Å². The van der Waals surface area contributed by atoms with E-state index in [1.54, 1.807) is 18.0 Å². The van der Waals surface area contributed by atoms with Gasteiger partial charge in [-0.15, -0.1) is 0 Å². The Morgan fingerprint density at radius 3 is 2.76 bits per heavy atom. The average molecular weight is 291 g/mol. The smallest absolute Gasteiger partial charge is 0.308 e. The summed E-state index contributed by atoms with van der Waals surface area (Å²) in [5.41, 5.74) is 1.21. The molecule has 0 spiro atoms. The Kier molecular flexibility index (Phi) is 4.55. The zero-order chi connectivity index (χ0) is 15.6. The van der Waals surface area contributed by atoms with Crippen LogP contribution < -0.4 is 0 Å². The van der Waals surface area contributed by atoms with Gasteiger partial charge in [0, 0.05) is 19.3 Å². The van der Waals surface area contributed by atoms with E-state index in [0.717, 1.165) is 5.69 Å². The molecule has 0 saturated carbocycles. The van der Waals surface area contributed by atoms with Gasteiger partial charge in [-0.1, -0.05) is 13.8 Å². The van der Waals surface area contributed by atoms with Gasteiger partial charge in [0.05, 0.1) is 17.2 Å². The van der Waals surface area contributed by atoms with Crippen LogP contribution in [-0.4, -0.2) is 44.9 Å². The molecule has 1 aliphatic heterocycles. The quantitative estimate of drug-likeness (QED) is 0.918. The number of aliphatic carboxylic acids is 1. The standard InChI is InChI=1S/C15H21N3O3/c1-9(2)13-12(7-16-10(3)17-13)14(19)18-6-4-5-11(8-18)15(20)21/h7,9,11H,4-6,8H2,1-3H3,(H,20,21)/t11-/m0/s1. The van der Waals surface area contributed by atoms with Crippen LogP contribution in [0.4, 0.5) is 0 Å². The van der Waals surface area contributed by atoms with Crippen LogP contribution in [0, 0.1) is 12.8 Å². The van der Waals surface area contributed by atoms with E-state index < -0.39 is 11.9 Å². The fourth-order valence-electron chi connectivity index (χ4n) is 2.63. The maximum absolute atomic E-state index is 12.7. The third kappa shape index (κ3) is 3.37. The molecule has 0 aromatic carbocycles. The number of hydrogen-bond acceptors (Lipinski definition) is 4. The van der Waals surface area contributed by atoms with Gasteiger partial charge in [0.2, 0.25) is 0 Å². The monoisotopic (exact) mass is 291 g/mol. The van der Waals surface area contributed by atoms with Crippen molar-refractivity contribution >= 4 is 11.9 Å². The first-order valence-electron chi connectivity index (χ1n) is 7.25. The highest BCUT2D eigenvalue weighted by Crippen LogP contribution is 2.22. The lowest BCUT2D eigenvalue weighted by atomic mass is 9.97. The SMILES string of the molecule is Cc1ncc(C(=O)N2CCC[C@H](C(=O)O)C2)c(C(C)C)n1. The van der Waals surface area contributed by atoms with Crippen molar-refractivity contribution in [3.63, 3.8) is 0 Å². The number of aromatic nitrogens is 2. The Balaban J connectivity index is 2.25. The number of carboxylic acids is 1. The van der Waals surface area contributed by atoms with Gasteiger partial charge in [-0.2, -0.15) is 0 Å². The highest BCUT2D eigenvalue weighted by Gasteiger charge is 2.30. The third-order valence-corrected chi connectivity index (χ3v) is 3.77. The largest absolute Gasteiger partial charge is 0.481 e. The van der Waals surface area contributed by atoms with E-state index in [9.17, 15) is 9.59 Å². The number of likely N-dealkylation sites (tertiary alicyclic amines) is 1. The van der Waals surface area contributed by atoms with Crippen LogP contribution in [0.15, 0.2) is 6.20 Å². The molecule has 1 fully saturated rings. The summed E-state index contributed by atoms with van der Waals surface area (Å²) < 4.78 is 0. The van der Waals surface area contributed by atoms with Crippen molar-refractivity contribution in [3.8, 4) is 0 Å². The minimum absolute atomic E-state index is 0.116. The van der Waals surface area contributed by atoms with Gasteiger partial charge in [0.1, 0.15) is 5.82 Å². The molecule has 1 atom stereocenters. The second-order valence-corrected chi connectivity index (χ2v) is 5.80. The molecular weight excluding hydrogens is 270 g/mol. The van der Waals surface area contributed by atoms with Crippen molar-refractivity contribution < 1.29 is 14.7 Å². The topological polar surface area (TPSA) is 83.4 Å². The van der Waals surface area contributed by atoms with Crippen LogP contribution in [0.25, 0.3) is 0 Å². The van der Waals surface area contributed by atoms with E-state index in [1.165, 1.54) is 0 Å². The number of rotatable bonds is 3. The van der Waals surface area contributed by atoms with Crippen LogP contribution in [0.5, 0.6) is 0 Å². The van der Waals surface area contributed by atoms with E-state index in [-0.39, 0.29) is 18.4 Å². The molecule has 1 amide bonds. The molecule has 2 heterocycles. The lowest BCUT2D eigenvalue weighted by molar-refractivity contribution is -0.143. The van der Waals surface area contributed by atoms with Gasteiger partial charge in [-0.25, -0.2) is 9.97 Å². The molecule has 6 nitrogen and oxygen atoms in total. The van der Waals surface area contributed by atoms with Crippen LogP contribution in [0.1, 0.15) is 54.5 Å². The summed E-state index contributed by atoms with van der Waals surface area (Å²) in [5, 5.41) is 9.12. The van der Waals surface area contributed by atoms with E-state index in [4.69, 9.17) is 5.11 Å². The summed E-state index contributed by atoms with van der Waals surface area (Å²) in [4.78, 5) is 33.9. The van der Waals surface area contributed by atoms with Crippen molar-refractivity contribution in [3.05, 3.63) is 23.3 Å². The van der Waals surface area contributed by atoms with Gasteiger partial charge in [-0.05, 0) is 25.7 Å². The molecular formula is C15H21N3O3. The summed E-state index contributed by atoms with van der Waals surface area (Å²) in [6.45, 7) is 6.61. The fourth-order valence-corrected chi connectivity index (χ4v) is 2.63. The van der Waals surface area contributed by atoms with Gasteiger partial charge >= 0.3 is 5.97 Å². The highest BCUT2D eigenvalue weighted by molar-refractivity contribution is 5.95. The molecule has 6 heteroatoms. The van der Waals surface area contributed by atoms with Crippen LogP contribution in [0.3, 0.4) is 0 Å². The van der Waals surface area contributed by atoms with Crippen molar-refractivity contribution in [2.24, 2.45) is 5.92 Å². The van der Waals surface area contributed by atoms with Crippen molar-refractivity contribution in [1.82, 2.24) is 14.9 Å². The second-order valence-electron chi connectivity index (χ2n) is 5.80. The molecule has 0 radical (unpaired) electrons. The third-order valence-electron chi connectivity index (χ3n) is 3.77. The molecule has 0 unspecified atom stereocenters. The first-order chi connectivity index (χ1) is 9.90. The van der Waals surface area contributed by atoms with Gasteiger partial charge in [-0.3, -0.25) is 9.59 Å². The van der Waals surface area contributed by atoms with Crippen LogP contribution in [0.2, 0.25) is 0 Å². The van der Waals surface area contributed by atoms with Crippen molar-refractivity contribution in [2.45, 2.75) is 39.5 Å². The minimum Gasteiger partial charge on any atom is -0.481 e. The predicted octanol–water partition coefficient (Wildman–Crippen LogP) is 1.85. The first-order valence-corrected chi connectivity index (χ1v) is 7.25. The lowest BCUT2D eigenvalue weighted by Gasteiger charge is -2.31. The normalized spacial score (nSPS) is 18.9. The van der Waals surface area contributed by atoms with Gasteiger partial charge in [0.15, 0.2) is 0 Å². The Morgan fingerprint density at radius 2 is 2.14 bits per heavy atom. The number of amides is 1. The maximum Gasteiger partial charge on any atom is 0.308 e. The Bertz CT molecular complexity index is 557. The molecule has 2 rings (SSSR count). The summed E-state index contributed by atoms with van der Waals surface area (Å²) >= 11 is 0. The summed E-state index contributed by atoms with van der Waals surface area (Å²) in [7, 11) is 0. The summed E-state index contributed by atoms with van der Waals surface area (Å²) in [6.07, 6.45) is 2.90. The molecule has 21 heavy (non-hydrogen) atoms. The van der Waals surface area contributed by atoms with E-state index >= 15 is 0 Å². The number of hydrogen-bond donors (Lipinski definition) is 1. The van der Waals surface area contributed by atoms with Crippen LogP contribution >= 0.6 is 0 Å². The zero-order valence-corrected chi connectivity index (χ0v) is 12.7. The molecule has 0 bridgehead atoms. The number of carboxylic acid groups (broad SMARTS) is 1. The molecule has 1 aromatic heterocycles. The molecule has 1 N–H and O–H groups in total. The van der Waals surface area contributed by atoms with Gasteiger partial charge in [0.25, 0.3) is 5.91 Å². The average Bonchev–Trinajstić information content (AvgIpc) is 2.46. The summed E-state index contributed by atoms with van der Waals surface area (Å²) in [5.74, 6) is -0.721. The first kappa shape index (κ1) is 15.4. The molecule has 1 aromatic rings. The molecule has 1 aliphatic rings. The number of nitrogens with zero attached hydrogens (tertiary/aromatic N) is 3.